The Bertz CT molecular complexity index is 710. The third-order valence-electron chi connectivity index (χ3n) is 3.50. The highest BCUT2D eigenvalue weighted by Crippen LogP contribution is 2.28. The summed E-state index contributed by atoms with van der Waals surface area (Å²) in [5, 5.41) is 3.13. The smallest absolute Gasteiger partial charge is 0.193 e. The number of para-hydroxylation sites is 2. The number of guanidine groups is 1. The Morgan fingerprint density at radius 1 is 1.12 bits per heavy atom. The van der Waals surface area contributed by atoms with Gasteiger partial charge in [-0.2, -0.15) is 0 Å². The van der Waals surface area contributed by atoms with E-state index < -0.39 is 0 Å². The van der Waals surface area contributed by atoms with Gasteiger partial charge in [-0.3, -0.25) is 4.99 Å². The summed E-state index contributed by atoms with van der Waals surface area (Å²) >= 11 is 3.49. The van der Waals surface area contributed by atoms with Crippen LogP contribution in [-0.4, -0.2) is 26.7 Å². The van der Waals surface area contributed by atoms with Crippen LogP contribution in [0.5, 0.6) is 5.75 Å². The number of rotatable bonds is 7. The molecule has 25 heavy (non-hydrogen) atoms. The lowest BCUT2D eigenvalue weighted by Crippen LogP contribution is -2.23. The molecule has 0 aliphatic carbocycles. The minimum Gasteiger partial charge on any atom is -0.495 e. The van der Waals surface area contributed by atoms with E-state index in [4.69, 9.17) is 15.2 Å². The summed E-state index contributed by atoms with van der Waals surface area (Å²) in [6, 6.07) is 13.8. The van der Waals surface area contributed by atoms with Gasteiger partial charge in [0.25, 0.3) is 0 Å². The Balaban J connectivity index is 0.00000312. The van der Waals surface area contributed by atoms with Crippen LogP contribution in [0.2, 0.25) is 0 Å². The van der Waals surface area contributed by atoms with Crippen LogP contribution < -0.4 is 15.8 Å². The lowest BCUT2D eigenvalue weighted by Gasteiger charge is -2.11. The molecule has 2 aromatic carbocycles. The maximum absolute atomic E-state index is 5.99. The summed E-state index contributed by atoms with van der Waals surface area (Å²) in [7, 11) is 3.33. The molecule has 0 atom stereocenters. The van der Waals surface area contributed by atoms with Crippen LogP contribution in [0.15, 0.2) is 51.9 Å². The van der Waals surface area contributed by atoms with Gasteiger partial charge in [-0.15, -0.1) is 24.0 Å². The fraction of sp³-hybridized carbons (Fsp3) is 0.278. The monoisotopic (exact) mass is 519 g/mol. The minimum atomic E-state index is 0. The van der Waals surface area contributed by atoms with Gasteiger partial charge >= 0.3 is 0 Å². The topological polar surface area (TPSA) is 68.9 Å². The van der Waals surface area contributed by atoms with Crippen LogP contribution in [0.3, 0.4) is 0 Å². The molecule has 136 valence electrons. The maximum atomic E-state index is 5.99. The van der Waals surface area contributed by atoms with Crippen molar-refractivity contribution in [1.82, 2.24) is 0 Å². The van der Waals surface area contributed by atoms with E-state index in [1.807, 2.05) is 42.5 Å². The fourth-order valence-corrected chi connectivity index (χ4v) is 2.95. The van der Waals surface area contributed by atoms with Crippen molar-refractivity contribution >= 4 is 51.6 Å². The molecule has 0 radical (unpaired) electrons. The third-order valence-corrected chi connectivity index (χ3v) is 4.12. The Morgan fingerprint density at radius 3 is 2.56 bits per heavy atom. The zero-order valence-corrected chi connectivity index (χ0v) is 18.2. The molecule has 0 heterocycles. The average molecular weight is 520 g/mol. The van der Waals surface area contributed by atoms with E-state index in [0.717, 1.165) is 33.5 Å². The molecule has 0 saturated carbocycles. The number of nitrogens with two attached hydrogens (primary N) is 1. The maximum Gasteiger partial charge on any atom is 0.193 e. The second-order valence-electron chi connectivity index (χ2n) is 5.16. The Kier molecular flexibility index (Phi) is 9.84. The number of hydrogen-bond acceptors (Lipinski definition) is 3. The molecule has 0 aliphatic heterocycles. The van der Waals surface area contributed by atoms with Crippen molar-refractivity contribution in [2.75, 3.05) is 26.1 Å². The average Bonchev–Trinajstić information content (AvgIpc) is 2.57. The normalized spacial score (nSPS) is 10.9. The van der Waals surface area contributed by atoms with Gasteiger partial charge in [0.1, 0.15) is 5.75 Å². The van der Waals surface area contributed by atoms with Crippen LogP contribution in [0.4, 0.5) is 5.69 Å². The number of halogens is 2. The molecular formula is C18H23BrIN3O2. The predicted molar refractivity (Wildman–Crippen MR) is 117 cm³/mol. The lowest BCUT2D eigenvalue weighted by molar-refractivity contribution is 0.185. The molecular weight excluding hydrogens is 497 g/mol. The number of hydrogen-bond donors (Lipinski definition) is 2. The number of methoxy groups -OCH3 is 2. The highest BCUT2D eigenvalue weighted by atomic mass is 127. The summed E-state index contributed by atoms with van der Waals surface area (Å²) in [4.78, 5) is 4.39. The lowest BCUT2D eigenvalue weighted by atomic mass is 10.1. The van der Waals surface area contributed by atoms with Crippen molar-refractivity contribution in [2.24, 2.45) is 10.7 Å². The SMILES string of the molecule is COCc1ccccc1NC(N)=NCCc1cccc(Br)c1OC.I. The molecule has 0 spiro atoms. The van der Waals surface area contributed by atoms with Gasteiger partial charge in [0.15, 0.2) is 5.96 Å². The summed E-state index contributed by atoms with van der Waals surface area (Å²) in [5.41, 5.74) is 9.02. The predicted octanol–water partition coefficient (Wildman–Crippen LogP) is 4.19. The van der Waals surface area contributed by atoms with Crippen LogP contribution in [0, 0.1) is 0 Å². The van der Waals surface area contributed by atoms with Crippen molar-refractivity contribution in [1.29, 1.82) is 0 Å². The Labute approximate surface area is 174 Å². The van der Waals surface area contributed by atoms with Crippen LogP contribution in [-0.2, 0) is 17.8 Å². The zero-order chi connectivity index (χ0) is 17.4. The summed E-state index contributed by atoms with van der Waals surface area (Å²) in [5.74, 6) is 1.22. The van der Waals surface area contributed by atoms with Crippen molar-refractivity contribution < 1.29 is 9.47 Å². The van der Waals surface area contributed by atoms with Gasteiger partial charge in [0, 0.05) is 24.9 Å². The van der Waals surface area contributed by atoms with E-state index in [9.17, 15) is 0 Å². The molecule has 0 unspecified atom stereocenters. The molecule has 0 aliphatic rings. The van der Waals surface area contributed by atoms with E-state index >= 15 is 0 Å². The molecule has 7 heteroatoms. The highest BCUT2D eigenvalue weighted by Gasteiger charge is 2.06. The van der Waals surface area contributed by atoms with Gasteiger partial charge in [-0.05, 0) is 40.0 Å². The van der Waals surface area contributed by atoms with E-state index in [-0.39, 0.29) is 24.0 Å². The molecule has 0 saturated heterocycles. The zero-order valence-electron chi connectivity index (χ0n) is 14.3. The summed E-state index contributed by atoms with van der Waals surface area (Å²) < 4.78 is 11.5. The second-order valence-corrected chi connectivity index (χ2v) is 6.02. The van der Waals surface area contributed by atoms with E-state index in [0.29, 0.717) is 19.1 Å². The first-order chi connectivity index (χ1) is 11.7. The van der Waals surface area contributed by atoms with E-state index in [1.165, 1.54) is 0 Å². The molecule has 3 N–H and O–H groups in total. The van der Waals surface area contributed by atoms with Crippen LogP contribution in [0.1, 0.15) is 11.1 Å². The second kappa shape index (κ2) is 11.3. The first-order valence-electron chi connectivity index (χ1n) is 7.61. The van der Waals surface area contributed by atoms with Gasteiger partial charge < -0.3 is 20.5 Å². The number of ether oxygens (including phenoxy) is 2. The molecule has 2 rings (SSSR count). The van der Waals surface area contributed by atoms with Crippen LogP contribution >= 0.6 is 39.9 Å². The van der Waals surface area contributed by atoms with Gasteiger partial charge in [-0.25, -0.2) is 0 Å². The number of aliphatic imine (C=N–C) groups is 1. The highest BCUT2D eigenvalue weighted by molar-refractivity contribution is 14.0. The number of anilines is 1. The molecule has 0 amide bonds. The minimum absolute atomic E-state index is 0. The Morgan fingerprint density at radius 2 is 1.84 bits per heavy atom. The quantitative estimate of drug-likeness (QED) is 0.327. The van der Waals surface area contributed by atoms with Gasteiger partial charge in [0.2, 0.25) is 0 Å². The van der Waals surface area contributed by atoms with E-state index in [2.05, 4.69) is 26.2 Å². The van der Waals surface area contributed by atoms with Gasteiger partial charge in [-0.1, -0.05) is 30.3 Å². The number of benzene rings is 2. The third kappa shape index (κ3) is 6.48. The standard InChI is InChI=1S/C18H22BrN3O2.HI/c1-23-12-14-6-3-4-9-16(14)22-18(20)21-11-10-13-7-5-8-15(19)17(13)24-2;/h3-9H,10-12H2,1-2H3,(H3,20,21,22);1H. The number of nitrogens with one attached hydrogen (secondary N) is 1. The van der Waals surface area contributed by atoms with Crippen LogP contribution in [0.25, 0.3) is 0 Å². The fourth-order valence-electron chi connectivity index (χ4n) is 2.38. The van der Waals surface area contributed by atoms with Crippen molar-refractivity contribution in [3.63, 3.8) is 0 Å². The molecule has 2 aromatic rings. The summed E-state index contributed by atoms with van der Waals surface area (Å²) in [6.07, 6.45) is 0.741. The molecule has 0 bridgehead atoms. The first kappa shape index (κ1) is 21.7. The Hall–Kier alpha value is -1.32. The summed E-state index contributed by atoms with van der Waals surface area (Å²) in [6.45, 7) is 1.09. The molecule has 5 nitrogen and oxygen atoms in total. The van der Waals surface area contributed by atoms with Crippen molar-refractivity contribution in [2.45, 2.75) is 13.0 Å². The molecule has 0 aromatic heterocycles. The van der Waals surface area contributed by atoms with Gasteiger partial charge in [0.05, 0.1) is 18.2 Å². The molecule has 0 fully saturated rings. The first-order valence-corrected chi connectivity index (χ1v) is 8.40. The van der Waals surface area contributed by atoms with Crippen molar-refractivity contribution in [3.8, 4) is 5.75 Å². The van der Waals surface area contributed by atoms with Crippen molar-refractivity contribution in [3.05, 3.63) is 58.1 Å². The van der Waals surface area contributed by atoms with E-state index in [1.54, 1.807) is 14.2 Å². The number of nitrogens with zero attached hydrogens (tertiary/aromatic N) is 1. The largest absolute Gasteiger partial charge is 0.495 e.